The normalized spacial score (nSPS) is 14.8. The molecule has 10 heteroatoms. The van der Waals surface area contributed by atoms with Crippen LogP contribution < -0.4 is 20.7 Å². The third kappa shape index (κ3) is 6.55. The molecular formula is C31H34N6O3S. The smallest absolute Gasteiger partial charge is 0.240 e. The van der Waals surface area contributed by atoms with Gasteiger partial charge in [0.15, 0.2) is 0 Å². The largest absolute Gasteiger partial charge is 0.369 e. The second-order valence-electron chi connectivity index (χ2n) is 10.7. The Balaban J connectivity index is 1.31. The first-order chi connectivity index (χ1) is 19.6. The van der Waals surface area contributed by atoms with E-state index in [2.05, 4.69) is 30.6 Å². The molecule has 0 aliphatic carbocycles. The van der Waals surface area contributed by atoms with Gasteiger partial charge in [-0.2, -0.15) is 4.98 Å². The molecule has 1 aliphatic rings. The highest BCUT2D eigenvalue weighted by molar-refractivity contribution is 7.89. The van der Waals surface area contributed by atoms with Gasteiger partial charge in [0.1, 0.15) is 5.82 Å². The molecule has 0 unspecified atom stereocenters. The van der Waals surface area contributed by atoms with E-state index in [1.807, 2.05) is 69.3 Å². The minimum absolute atomic E-state index is 0.0369. The number of benzene rings is 3. The summed E-state index contributed by atoms with van der Waals surface area (Å²) < 4.78 is 27.9. The summed E-state index contributed by atoms with van der Waals surface area (Å²) in [5, 5.41) is 9.51. The summed E-state index contributed by atoms with van der Waals surface area (Å²) >= 11 is 0. The Morgan fingerprint density at radius 2 is 1.76 bits per heavy atom. The van der Waals surface area contributed by atoms with Gasteiger partial charge in [0, 0.05) is 37.1 Å². The van der Waals surface area contributed by atoms with Crippen LogP contribution in [0.25, 0.3) is 11.1 Å². The first kappa shape index (κ1) is 28.3. The number of hydrogen-bond acceptors (Lipinski definition) is 7. The third-order valence-corrected chi connectivity index (χ3v) is 8.64. The third-order valence-electron chi connectivity index (χ3n) is 7.19. The van der Waals surface area contributed by atoms with Crippen molar-refractivity contribution in [2.24, 2.45) is 0 Å². The fourth-order valence-corrected chi connectivity index (χ4v) is 5.67. The number of nitrogens with zero attached hydrogens (tertiary/aromatic N) is 2. The lowest BCUT2D eigenvalue weighted by atomic mass is 9.83. The number of nitrogens with one attached hydrogen (secondary N) is 4. The van der Waals surface area contributed by atoms with E-state index in [4.69, 9.17) is 0 Å². The van der Waals surface area contributed by atoms with Crippen LogP contribution in [0.1, 0.15) is 37.0 Å². The first-order valence-corrected chi connectivity index (χ1v) is 15.0. The zero-order valence-electron chi connectivity index (χ0n) is 23.4. The first-order valence-electron chi connectivity index (χ1n) is 13.5. The van der Waals surface area contributed by atoms with Gasteiger partial charge in [-0.25, -0.2) is 18.1 Å². The van der Waals surface area contributed by atoms with Gasteiger partial charge in [-0.1, -0.05) is 60.2 Å². The summed E-state index contributed by atoms with van der Waals surface area (Å²) in [6, 6.07) is 22.5. The Bertz CT molecular complexity index is 1650. The van der Waals surface area contributed by atoms with Crippen LogP contribution in [0.3, 0.4) is 0 Å². The van der Waals surface area contributed by atoms with Crippen LogP contribution in [-0.2, 0) is 26.8 Å². The predicted molar refractivity (Wildman–Crippen MR) is 162 cm³/mol. The molecule has 0 spiro atoms. The van der Waals surface area contributed by atoms with Crippen molar-refractivity contribution in [2.75, 3.05) is 23.7 Å². The molecule has 1 aromatic heterocycles. The van der Waals surface area contributed by atoms with Crippen LogP contribution in [0.2, 0.25) is 0 Å². The number of carbonyl (C=O) groups excluding carboxylic acids is 1. The number of sulfonamides is 1. The van der Waals surface area contributed by atoms with Crippen LogP contribution in [0.15, 0.2) is 83.9 Å². The highest BCUT2D eigenvalue weighted by Gasteiger charge is 2.29. The molecule has 5 rings (SSSR count). The molecule has 0 fully saturated rings. The minimum Gasteiger partial charge on any atom is -0.369 e. The molecule has 0 radical (unpaired) electrons. The molecule has 4 bridgehead atoms. The van der Waals surface area contributed by atoms with Crippen molar-refractivity contribution < 1.29 is 13.2 Å². The number of aryl methyl sites for hydroxylation is 1. The van der Waals surface area contributed by atoms with Crippen molar-refractivity contribution in [3.8, 4) is 11.1 Å². The van der Waals surface area contributed by atoms with E-state index >= 15 is 0 Å². The molecule has 0 atom stereocenters. The number of hydrogen-bond donors (Lipinski definition) is 4. The molecule has 41 heavy (non-hydrogen) atoms. The van der Waals surface area contributed by atoms with Crippen LogP contribution in [0, 0.1) is 6.92 Å². The number of carbonyl (C=O) groups is 1. The fourth-order valence-electron chi connectivity index (χ4n) is 4.55. The molecular weight excluding hydrogens is 536 g/mol. The molecule has 9 nitrogen and oxygen atoms in total. The van der Waals surface area contributed by atoms with Gasteiger partial charge >= 0.3 is 0 Å². The van der Waals surface area contributed by atoms with Crippen LogP contribution in [0.5, 0.6) is 0 Å². The fraction of sp³-hybridized carbons (Fsp3) is 0.258. The predicted octanol–water partition coefficient (Wildman–Crippen LogP) is 4.88. The lowest BCUT2D eigenvalue weighted by Gasteiger charge is -2.24. The van der Waals surface area contributed by atoms with Gasteiger partial charge < -0.3 is 16.0 Å². The van der Waals surface area contributed by atoms with Crippen LogP contribution >= 0.6 is 0 Å². The Hall–Kier alpha value is -4.28. The summed E-state index contributed by atoms with van der Waals surface area (Å²) in [5.41, 5.74) is 4.76. The van der Waals surface area contributed by atoms with Gasteiger partial charge in [-0.05, 0) is 62.1 Å². The zero-order valence-corrected chi connectivity index (χ0v) is 24.2. The number of amides is 1. The summed E-state index contributed by atoms with van der Waals surface area (Å²) in [5.74, 6) is 0.959. The lowest BCUT2D eigenvalue weighted by Crippen LogP contribution is -2.39. The maximum Gasteiger partial charge on any atom is 0.240 e. The van der Waals surface area contributed by atoms with Gasteiger partial charge in [0.25, 0.3) is 0 Å². The van der Waals surface area contributed by atoms with Crippen molar-refractivity contribution in [2.45, 2.75) is 44.0 Å². The second-order valence-corrected chi connectivity index (χ2v) is 12.4. The number of fused-ring (bicyclic) bond motifs is 4. The highest BCUT2D eigenvalue weighted by Crippen LogP contribution is 2.29. The van der Waals surface area contributed by atoms with E-state index in [-0.39, 0.29) is 10.8 Å². The number of anilines is 3. The van der Waals surface area contributed by atoms with Crippen molar-refractivity contribution >= 4 is 33.4 Å². The van der Waals surface area contributed by atoms with Crippen molar-refractivity contribution in [3.63, 3.8) is 0 Å². The number of aromatic nitrogens is 2. The molecule has 1 amide bonds. The Labute approximate surface area is 240 Å². The Morgan fingerprint density at radius 1 is 1.00 bits per heavy atom. The van der Waals surface area contributed by atoms with E-state index in [0.717, 1.165) is 27.8 Å². The van der Waals surface area contributed by atoms with E-state index < -0.39 is 15.4 Å². The second kappa shape index (κ2) is 11.7. The van der Waals surface area contributed by atoms with Gasteiger partial charge in [0.05, 0.1) is 10.3 Å². The molecule has 0 saturated heterocycles. The van der Waals surface area contributed by atoms with Crippen LogP contribution in [-0.4, -0.2) is 37.4 Å². The molecule has 4 N–H and O–H groups in total. The number of rotatable bonds is 5. The maximum absolute atomic E-state index is 13.0. The highest BCUT2D eigenvalue weighted by atomic mass is 32.2. The van der Waals surface area contributed by atoms with Crippen molar-refractivity contribution in [3.05, 3.63) is 95.7 Å². The van der Waals surface area contributed by atoms with E-state index in [0.29, 0.717) is 43.5 Å². The van der Waals surface area contributed by atoms with E-state index in [1.54, 1.807) is 30.5 Å². The van der Waals surface area contributed by atoms with Crippen LogP contribution in [0.4, 0.5) is 17.5 Å². The zero-order chi connectivity index (χ0) is 29.0. The van der Waals surface area contributed by atoms with Crippen molar-refractivity contribution in [1.29, 1.82) is 0 Å². The van der Waals surface area contributed by atoms with E-state index in [9.17, 15) is 13.2 Å². The van der Waals surface area contributed by atoms with Crippen molar-refractivity contribution in [1.82, 2.24) is 20.0 Å². The summed E-state index contributed by atoms with van der Waals surface area (Å²) in [7, 11) is -3.61. The average Bonchev–Trinajstić information content (AvgIpc) is 2.96. The van der Waals surface area contributed by atoms with E-state index in [1.165, 1.54) is 0 Å². The standard InChI is InChI=1S/C31H34N6O3S/c1-21-8-14-24(15-9-21)31(2,3)29(38)33-19-22-10-12-23(13-11-22)27-20-34-30-36-25-6-4-7-26(18-25)41(39,40)35-17-5-16-32-28(27)37-30/h4,6-15,18,20,35H,5,16-17,19H2,1-3H3,(H,33,38)(H2,32,34,36,37). The molecule has 4 aromatic rings. The maximum atomic E-state index is 13.0. The monoisotopic (exact) mass is 570 g/mol. The summed E-state index contributed by atoms with van der Waals surface area (Å²) in [6.45, 7) is 7.11. The summed E-state index contributed by atoms with van der Waals surface area (Å²) in [6.07, 6.45) is 2.32. The minimum atomic E-state index is -3.61. The average molecular weight is 571 g/mol. The molecule has 3 aromatic carbocycles. The van der Waals surface area contributed by atoms with Gasteiger partial charge in [-0.15, -0.1) is 0 Å². The molecule has 212 valence electrons. The lowest BCUT2D eigenvalue weighted by molar-refractivity contribution is -0.125. The van der Waals surface area contributed by atoms with Gasteiger partial charge in [0.2, 0.25) is 21.9 Å². The topological polar surface area (TPSA) is 125 Å². The summed E-state index contributed by atoms with van der Waals surface area (Å²) in [4.78, 5) is 22.4. The Kier molecular flexibility index (Phi) is 8.05. The Morgan fingerprint density at radius 3 is 2.51 bits per heavy atom. The quantitative estimate of drug-likeness (QED) is 0.269. The molecule has 0 saturated carbocycles. The SMILES string of the molecule is Cc1ccc(C(C)(C)C(=O)NCc2ccc(-c3cnc4nc3NCCCNS(=O)(=O)c3cccc(c3)N4)cc2)cc1. The molecule has 1 aliphatic heterocycles. The molecule has 2 heterocycles. The van der Waals surface area contributed by atoms with Gasteiger partial charge in [-0.3, -0.25) is 4.79 Å².